The van der Waals surface area contributed by atoms with Crippen molar-refractivity contribution >= 4 is 11.6 Å². The van der Waals surface area contributed by atoms with E-state index in [4.69, 9.17) is 11.6 Å². The van der Waals surface area contributed by atoms with Gasteiger partial charge in [0.25, 0.3) is 0 Å². The smallest absolute Gasteiger partial charge is 0.125 e. The van der Waals surface area contributed by atoms with Crippen LogP contribution in [-0.2, 0) is 6.54 Å². The molecule has 1 saturated carbocycles. The van der Waals surface area contributed by atoms with Crippen LogP contribution < -0.4 is 5.32 Å². The predicted molar refractivity (Wildman–Crippen MR) is 74.2 cm³/mol. The molecular formula is C15H21ClFN. The van der Waals surface area contributed by atoms with E-state index < -0.39 is 0 Å². The van der Waals surface area contributed by atoms with Crippen molar-refractivity contribution in [2.45, 2.75) is 45.7 Å². The third kappa shape index (κ3) is 3.46. The molecule has 1 aromatic carbocycles. The lowest BCUT2D eigenvalue weighted by Gasteiger charge is -2.34. The first-order chi connectivity index (χ1) is 8.56. The topological polar surface area (TPSA) is 12.0 Å². The van der Waals surface area contributed by atoms with Gasteiger partial charge in [0.1, 0.15) is 5.82 Å². The summed E-state index contributed by atoms with van der Waals surface area (Å²) in [5, 5.41) is 4.02. The van der Waals surface area contributed by atoms with Crippen LogP contribution in [-0.4, -0.2) is 6.04 Å². The van der Waals surface area contributed by atoms with Crippen LogP contribution >= 0.6 is 11.6 Å². The van der Waals surface area contributed by atoms with Gasteiger partial charge < -0.3 is 5.32 Å². The van der Waals surface area contributed by atoms with Crippen molar-refractivity contribution in [1.29, 1.82) is 0 Å². The number of halogens is 2. The zero-order chi connectivity index (χ0) is 13.1. The van der Waals surface area contributed by atoms with Gasteiger partial charge >= 0.3 is 0 Å². The first-order valence-corrected chi connectivity index (χ1v) is 7.12. The Hall–Kier alpha value is -0.600. The van der Waals surface area contributed by atoms with Crippen molar-refractivity contribution in [3.05, 3.63) is 34.6 Å². The fraction of sp³-hybridized carbons (Fsp3) is 0.600. The van der Waals surface area contributed by atoms with E-state index in [0.717, 1.165) is 11.5 Å². The van der Waals surface area contributed by atoms with E-state index in [2.05, 4.69) is 19.2 Å². The molecule has 3 heteroatoms. The third-order valence-electron chi connectivity index (χ3n) is 4.20. The number of rotatable bonds is 3. The highest BCUT2D eigenvalue weighted by Crippen LogP contribution is 2.29. The van der Waals surface area contributed by atoms with Gasteiger partial charge in [-0.25, -0.2) is 4.39 Å². The van der Waals surface area contributed by atoms with Gasteiger partial charge in [-0.15, -0.1) is 0 Å². The third-order valence-corrected chi connectivity index (χ3v) is 4.42. The fourth-order valence-corrected chi connectivity index (χ4v) is 3.08. The molecule has 1 aliphatic rings. The Balaban J connectivity index is 1.94. The molecule has 1 nitrogen and oxygen atoms in total. The Kier molecular flexibility index (Phi) is 4.63. The lowest BCUT2D eigenvalue weighted by atomic mass is 9.78. The summed E-state index contributed by atoms with van der Waals surface area (Å²) in [7, 11) is 0. The Labute approximate surface area is 114 Å². The molecule has 100 valence electrons. The van der Waals surface area contributed by atoms with E-state index in [0.29, 0.717) is 23.5 Å². The Morgan fingerprint density at radius 3 is 2.78 bits per heavy atom. The van der Waals surface area contributed by atoms with Crippen LogP contribution in [0.3, 0.4) is 0 Å². The fourth-order valence-electron chi connectivity index (χ4n) is 2.83. The lowest BCUT2D eigenvalue weighted by Crippen LogP contribution is -2.40. The monoisotopic (exact) mass is 269 g/mol. The second-order valence-electron chi connectivity index (χ2n) is 5.53. The first-order valence-electron chi connectivity index (χ1n) is 6.74. The van der Waals surface area contributed by atoms with Crippen molar-refractivity contribution in [3.8, 4) is 0 Å². The molecule has 0 amide bonds. The highest BCUT2D eigenvalue weighted by atomic mass is 35.5. The molecule has 3 atom stereocenters. The van der Waals surface area contributed by atoms with E-state index >= 15 is 0 Å². The second-order valence-corrected chi connectivity index (χ2v) is 5.97. The number of nitrogens with one attached hydrogen (secondary N) is 1. The maximum Gasteiger partial charge on any atom is 0.125 e. The Morgan fingerprint density at radius 1 is 1.28 bits per heavy atom. The molecule has 3 unspecified atom stereocenters. The van der Waals surface area contributed by atoms with Crippen molar-refractivity contribution in [2.75, 3.05) is 0 Å². The highest BCUT2D eigenvalue weighted by Gasteiger charge is 2.26. The molecule has 1 N–H and O–H groups in total. The summed E-state index contributed by atoms with van der Waals surface area (Å²) >= 11 is 5.86. The quantitative estimate of drug-likeness (QED) is 0.858. The Morgan fingerprint density at radius 2 is 2.06 bits per heavy atom. The maximum atomic E-state index is 13.2. The minimum Gasteiger partial charge on any atom is -0.310 e. The molecule has 1 aliphatic carbocycles. The molecule has 0 bridgehead atoms. The normalized spacial score (nSPS) is 28.3. The lowest BCUT2D eigenvalue weighted by molar-refractivity contribution is 0.206. The van der Waals surface area contributed by atoms with E-state index in [9.17, 15) is 4.39 Å². The maximum absolute atomic E-state index is 13.2. The zero-order valence-electron chi connectivity index (χ0n) is 11.0. The minimum absolute atomic E-state index is 0.260. The molecular weight excluding hydrogens is 249 g/mol. The van der Waals surface area contributed by atoms with Gasteiger partial charge in [0.15, 0.2) is 0 Å². The molecule has 18 heavy (non-hydrogen) atoms. The van der Waals surface area contributed by atoms with Crippen molar-refractivity contribution in [2.24, 2.45) is 11.8 Å². The van der Waals surface area contributed by atoms with E-state index in [-0.39, 0.29) is 5.82 Å². The molecule has 0 aromatic heterocycles. The van der Waals surface area contributed by atoms with Gasteiger partial charge in [-0.05, 0) is 42.0 Å². The molecule has 0 heterocycles. The summed E-state index contributed by atoms with van der Waals surface area (Å²) in [6.07, 6.45) is 3.83. The van der Waals surface area contributed by atoms with Gasteiger partial charge in [-0.2, -0.15) is 0 Å². The molecule has 2 rings (SSSR count). The van der Waals surface area contributed by atoms with Crippen LogP contribution in [0.15, 0.2) is 18.2 Å². The van der Waals surface area contributed by atoms with Gasteiger partial charge in [-0.3, -0.25) is 0 Å². The van der Waals surface area contributed by atoms with E-state index in [1.54, 1.807) is 6.07 Å². The highest BCUT2D eigenvalue weighted by molar-refractivity contribution is 6.30. The molecule has 0 saturated heterocycles. The van der Waals surface area contributed by atoms with Crippen LogP contribution in [0.25, 0.3) is 0 Å². The van der Waals surface area contributed by atoms with Gasteiger partial charge in [0, 0.05) is 17.6 Å². The van der Waals surface area contributed by atoms with E-state index in [1.807, 2.05) is 6.07 Å². The summed E-state index contributed by atoms with van der Waals surface area (Å²) in [6.45, 7) is 5.32. The average molecular weight is 270 g/mol. The van der Waals surface area contributed by atoms with Crippen LogP contribution in [0.2, 0.25) is 5.02 Å². The summed E-state index contributed by atoms with van der Waals surface area (Å²) in [5.74, 6) is 1.19. The molecule has 0 spiro atoms. The van der Waals surface area contributed by atoms with Crippen molar-refractivity contribution in [1.82, 2.24) is 5.32 Å². The van der Waals surface area contributed by atoms with E-state index in [1.165, 1.54) is 25.3 Å². The summed E-state index contributed by atoms with van der Waals surface area (Å²) in [4.78, 5) is 0. The molecule has 1 fully saturated rings. The molecule has 0 aliphatic heterocycles. The SMILES string of the molecule is CC1CCCC(NCc2cc(F)cc(Cl)c2)C1C. The number of benzene rings is 1. The average Bonchev–Trinajstić information content (AvgIpc) is 2.30. The number of hydrogen-bond donors (Lipinski definition) is 1. The molecule has 0 radical (unpaired) electrons. The Bertz CT molecular complexity index is 387. The van der Waals surface area contributed by atoms with Gasteiger partial charge in [-0.1, -0.05) is 38.3 Å². The van der Waals surface area contributed by atoms with Crippen LogP contribution in [0.5, 0.6) is 0 Å². The van der Waals surface area contributed by atoms with Gasteiger partial charge in [0.05, 0.1) is 0 Å². The summed E-state index contributed by atoms with van der Waals surface area (Å²) in [5.41, 5.74) is 0.922. The first kappa shape index (κ1) is 13.8. The van der Waals surface area contributed by atoms with Crippen molar-refractivity contribution in [3.63, 3.8) is 0 Å². The molecule has 1 aromatic rings. The minimum atomic E-state index is -0.260. The van der Waals surface area contributed by atoms with Crippen molar-refractivity contribution < 1.29 is 4.39 Å². The summed E-state index contributed by atoms with van der Waals surface area (Å²) < 4.78 is 13.2. The van der Waals surface area contributed by atoms with Gasteiger partial charge in [0.2, 0.25) is 0 Å². The number of hydrogen-bond acceptors (Lipinski definition) is 1. The largest absolute Gasteiger partial charge is 0.310 e. The van der Waals surface area contributed by atoms with Crippen LogP contribution in [0.4, 0.5) is 4.39 Å². The predicted octanol–water partition coefficient (Wildman–Crippen LogP) is 4.39. The van der Waals surface area contributed by atoms with Crippen LogP contribution in [0.1, 0.15) is 38.7 Å². The second kappa shape index (κ2) is 6.03. The standard InChI is InChI=1S/C15H21ClFN/c1-10-4-3-5-15(11(10)2)18-9-12-6-13(16)8-14(17)7-12/h6-8,10-11,15,18H,3-5,9H2,1-2H3. The van der Waals surface area contributed by atoms with Crippen LogP contribution in [0, 0.1) is 17.7 Å². The summed E-state index contributed by atoms with van der Waals surface area (Å²) in [6, 6.07) is 5.26. The zero-order valence-corrected chi connectivity index (χ0v) is 11.8.